The van der Waals surface area contributed by atoms with E-state index in [0.717, 1.165) is 110 Å². The number of furan rings is 3. The van der Waals surface area contributed by atoms with Crippen LogP contribution in [-0.2, 0) is 0 Å². The molecule has 4 heteroatoms. The molecule has 56 heavy (non-hydrogen) atoms. The first-order valence-corrected chi connectivity index (χ1v) is 18.9. The van der Waals surface area contributed by atoms with Crippen molar-refractivity contribution in [2.24, 2.45) is 0 Å². The Kier molecular flexibility index (Phi) is 6.60. The van der Waals surface area contributed by atoms with Crippen molar-refractivity contribution in [1.29, 1.82) is 0 Å². The minimum Gasteiger partial charge on any atom is -0.456 e. The van der Waals surface area contributed by atoms with Gasteiger partial charge >= 0.3 is 0 Å². The Hall–Kier alpha value is -7.56. The predicted octanol–water partition coefficient (Wildman–Crippen LogP) is 15.3. The van der Waals surface area contributed by atoms with Crippen LogP contribution in [0.1, 0.15) is 0 Å². The zero-order valence-electron chi connectivity index (χ0n) is 30.1. The molecular formula is C52H31NO3. The summed E-state index contributed by atoms with van der Waals surface area (Å²) in [5.41, 5.74) is 12.7. The fourth-order valence-corrected chi connectivity index (χ4v) is 8.78. The summed E-state index contributed by atoms with van der Waals surface area (Å²) < 4.78 is 19.8. The van der Waals surface area contributed by atoms with Gasteiger partial charge in [-0.05, 0) is 65.2 Å². The minimum atomic E-state index is 0.847. The molecule has 0 radical (unpaired) electrons. The van der Waals surface area contributed by atoms with Crippen LogP contribution in [-0.4, -0.2) is 0 Å². The van der Waals surface area contributed by atoms with Gasteiger partial charge in [-0.15, -0.1) is 0 Å². The number of nitrogens with zero attached hydrogens (tertiary/aromatic N) is 1. The normalized spacial score (nSPS) is 11.9. The molecule has 0 saturated carbocycles. The maximum atomic E-state index is 7.05. The van der Waals surface area contributed by atoms with E-state index in [1.807, 2.05) is 30.3 Å². The fraction of sp³-hybridized carbons (Fsp3) is 0. The van der Waals surface area contributed by atoms with Gasteiger partial charge in [0, 0.05) is 49.0 Å². The van der Waals surface area contributed by atoms with Crippen molar-refractivity contribution in [2.75, 3.05) is 4.90 Å². The number of benzene rings is 9. The third-order valence-electron chi connectivity index (χ3n) is 11.3. The topological polar surface area (TPSA) is 42.7 Å². The van der Waals surface area contributed by atoms with Crippen LogP contribution in [0.4, 0.5) is 17.1 Å². The second-order valence-corrected chi connectivity index (χ2v) is 14.4. The highest BCUT2D eigenvalue weighted by atomic mass is 16.3. The van der Waals surface area contributed by atoms with E-state index >= 15 is 0 Å². The summed E-state index contributed by atoms with van der Waals surface area (Å²) >= 11 is 0. The van der Waals surface area contributed by atoms with Gasteiger partial charge in [0.05, 0.1) is 16.8 Å². The molecule has 0 N–H and O–H groups in total. The molecule has 12 rings (SSSR count). The van der Waals surface area contributed by atoms with E-state index in [-0.39, 0.29) is 0 Å². The first-order chi connectivity index (χ1) is 27.8. The van der Waals surface area contributed by atoms with Crippen LogP contribution < -0.4 is 4.90 Å². The number of hydrogen-bond donors (Lipinski definition) is 0. The Balaban J connectivity index is 1.15. The van der Waals surface area contributed by atoms with Crippen molar-refractivity contribution in [3.63, 3.8) is 0 Å². The van der Waals surface area contributed by atoms with E-state index in [1.54, 1.807) is 0 Å². The van der Waals surface area contributed by atoms with Crippen LogP contribution in [0.15, 0.2) is 201 Å². The lowest BCUT2D eigenvalue weighted by Crippen LogP contribution is -2.11. The molecule has 0 bridgehead atoms. The number of hydrogen-bond acceptors (Lipinski definition) is 4. The van der Waals surface area contributed by atoms with Crippen molar-refractivity contribution in [1.82, 2.24) is 0 Å². The van der Waals surface area contributed by atoms with E-state index in [4.69, 9.17) is 13.3 Å². The van der Waals surface area contributed by atoms with E-state index in [9.17, 15) is 0 Å². The summed E-state index contributed by atoms with van der Waals surface area (Å²) in [6, 6.07) is 66.0. The zero-order chi connectivity index (χ0) is 36.7. The number of rotatable bonds is 5. The molecule has 3 aromatic heterocycles. The lowest BCUT2D eigenvalue weighted by atomic mass is 9.97. The van der Waals surface area contributed by atoms with Crippen molar-refractivity contribution >= 4 is 93.7 Å². The fourth-order valence-electron chi connectivity index (χ4n) is 8.78. The highest BCUT2D eigenvalue weighted by molar-refractivity contribution is 6.24. The molecule has 0 aliphatic rings. The average molecular weight is 718 g/mol. The molecule has 0 spiro atoms. The van der Waals surface area contributed by atoms with Crippen LogP contribution >= 0.6 is 0 Å². The van der Waals surface area contributed by atoms with Crippen molar-refractivity contribution in [3.8, 4) is 22.3 Å². The largest absolute Gasteiger partial charge is 0.456 e. The Morgan fingerprint density at radius 3 is 1.61 bits per heavy atom. The highest BCUT2D eigenvalue weighted by Gasteiger charge is 2.25. The third-order valence-corrected chi connectivity index (χ3v) is 11.3. The van der Waals surface area contributed by atoms with Gasteiger partial charge in [-0.3, -0.25) is 0 Å². The van der Waals surface area contributed by atoms with Crippen LogP contribution in [0.5, 0.6) is 0 Å². The first-order valence-electron chi connectivity index (χ1n) is 18.9. The smallest absolute Gasteiger partial charge is 0.143 e. The molecule has 3 heterocycles. The Morgan fingerprint density at radius 1 is 0.304 bits per heavy atom. The third kappa shape index (κ3) is 4.53. The summed E-state index contributed by atoms with van der Waals surface area (Å²) in [5, 5.41) is 8.56. The van der Waals surface area contributed by atoms with Crippen molar-refractivity contribution in [2.45, 2.75) is 0 Å². The number of para-hydroxylation sites is 3. The quantitative estimate of drug-likeness (QED) is 0.178. The summed E-state index contributed by atoms with van der Waals surface area (Å²) in [7, 11) is 0. The maximum absolute atomic E-state index is 7.05. The molecule has 0 aliphatic heterocycles. The molecule has 0 amide bonds. The molecule has 0 atom stereocenters. The Bertz CT molecular complexity index is 3480. The summed E-state index contributed by atoms with van der Waals surface area (Å²) in [6.07, 6.45) is 0. The molecule has 0 fully saturated rings. The van der Waals surface area contributed by atoms with Crippen molar-refractivity contribution < 1.29 is 13.3 Å². The second-order valence-electron chi connectivity index (χ2n) is 14.4. The molecule has 9 aromatic carbocycles. The Labute approximate surface area is 321 Å². The van der Waals surface area contributed by atoms with Crippen molar-refractivity contribution in [3.05, 3.63) is 188 Å². The van der Waals surface area contributed by atoms with Crippen LogP contribution in [0, 0.1) is 0 Å². The van der Waals surface area contributed by atoms with Gasteiger partial charge in [0.2, 0.25) is 0 Å². The summed E-state index contributed by atoms with van der Waals surface area (Å²) in [4.78, 5) is 2.39. The van der Waals surface area contributed by atoms with Gasteiger partial charge < -0.3 is 18.2 Å². The summed E-state index contributed by atoms with van der Waals surface area (Å²) in [6.45, 7) is 0. The Morgan fingerprint density at radius 2 is 0.839 bits per heavy atom. The molecular weight excluding hydrogens is 687 g/mol. The molecule has 0 unspecified atom stereocenters. The van der Waals surface area contributed by atoms with E-state index in [1.165, 1.54) is 5.56 Å². The number of fused-ring (bicyclic) bond motifs is 11. The minimum absolute atomic E-state index is 0.847. The number of anilines is 3. The van der Waals surface area contributed by atoms with Gasteiger partial charge in [0.25, 0.3) is 0 Å². The average Bonchev–Trinajstić information content (AvgIpc) is 3.96. The van der Waals surface area contributed by atoms with Crippen LogP contribution in [0.3, 0.4) is 0 Å². The molecule has 0 aliphatic carbocycles. The van der Waals surface area contributed by atoms with E-state index < -0.39 is 0 Å². The van der Waals surface area contributed by atoms with E-state index in [0.29, 0.717) is 0 Å². The second kappa shape index (κ2) is 12.0. The maximum Gasteiger partial charge on any atom is 0.143 e. The SMILES string of the molecule is c1ccc(-c2ccc(N(c3cc4c5cccc(-c6cccc7oc8ccccc8c67)c5oc4c4ccccc34)c3cccc4oc5ccccc5c34)cc2)cc1. The van der Waals surface area contributed by atoms with Crippen LogP contribution in [0.2, 0.25) is 0 Å². The lowest BCUT2D eigenvalue weighted by molar-refractivity contribution is 0.668. The molecule has 4 nitrogen and oxygen atoms in total. The van der Waals surface area contributed by atoms with Gasteiger partial charge in [0.15, 0.2) is 0 Å². The molecule has 12 aromatic rings. The van der Waals surface area contributed by atoms with Gasteiger partial charge in [-0.1, -0.05) is 140 Å². The standard InChI is InChI=1S/C52H31NO3/c1-2-13-32(14-3-1)33-27-29-34(30-28-33)53(43-22-12-26-48-50(43)41-18-7-9-24-46(41)55-48)44-31-42-39-21-10-20-38(51(39)56-52(42)37-16-5-4-15-35(37)44)36-19-11-25-47-49(36)40-17-6-8-23-45(40)54-47/h1-31H. The predicted molar refractivity (Wildman–Crippen MR) is 231 cm³/mol. The van der Waals surface area contributed by atoms with Gasteiger partial charge in [0.1, 0.15) is 33.5 Å². The molecule has 262 valence electrons. The lowest BCUT2D eigenvalue weighted by Gasteiger charge is -2.28. The van der Waals surface area contributed by atoms with Gasteiger partial charge in [-0.25, -0.2) is 0 Å². The first kappa shape index (κ1) is 30.9. The molecule has 0 saturated heterocycles. The van der Waals surface area contributed by atoms with Gasteiger partial charge in [-0.2, -0.15) is 0 Å². The van der Waals surface area contributed by atoms with Crippen LogP contribution in [0.25, 0.3) is 98.8 Å². The highest BCUT2D eigenvalue weighted by Crippen LogP contribution is 2.49. The zero-order valence-corrected chi connectivity index (χ0v) is 30.1. The van der Waals surface area contributed by atoms with E-state index in [2.05, 4.69) is 163 Å². The monoisotopic (exact) mass is 717 g/mol. The summed E-state index contributed by atoms with van der Waals surface area (Å²) in [5.74, 6) is 0.